The lowest BCUT2D eigenvalue weighted by Gasteiger charge is -2.12. The highest BCUT2D eigenvalue weighted by atomic mass is 19.2. The predicted molar refractivity (Wildman–Crippen MR) is 54.6 cm³/mol. The molecule has 4 heteroatoms. The summed E-state index contributed by atoms with van der Waals surface area (Å²) < 4.78 is 25.5. The van der Waals surface area contributed by atoms with Crippen LogP contribution in [0.15, 0.2) is 18.2 Å². The van der Waals surface area contributed by atoms with Crippen LogP contribution in [0.2, 0.25) is 0 Å². The molecule has 0 saturated carbocycles. The first-order valence-corrected chi connectivity index (χ1v) is 4.51. The van der Waals surface area contributed by atoms with E-state index in [1.165, 1.54) is 6.07 Å². The Kier molecular flexibility index (Phi) is 4.22. The minimum absolute atomic E-state index is 0.125. The molecule has 1 rings (SSSR count). The standard InChI is InChI=1S/C11H12F2N2/c1-2-3-9(15-14)6-8-4-5-10(12)11(13)7-8/h1,4-5,7,9,15H,3,6,14H2. The average Bonchev–Trinajstić information content (AvgIpc) is 2.23. The van der Waals surface area contributed by atoms with Crippen molar-refractivity contribution in [1.82, 2.24) is 5.43 Å². The number of rotatable bonds is 4. The van der Waals surface area contributed by atoms with E-state index in [1.54, 1.807) is 0 Å². The van der Waals surface area contributed by atoms with Crippen molar-refractivity contribution in [3.63, 3.8) is 0 Å². The van der Waals surface area contributed by atoms with E-state index >= 15 is 0 Å². The van der Waals surface area contributed by atoms with E-state index in [0.717, 1.165) is 12.1 Å². The topological polar surface area (TPSA) is 38.0 Å². The quantitative estimate of drug-likeness (QED) is 0.447. The van der Waals surface area contributed by atoms with E-state index in [0.29, 0.717) is 18.4 Å². The SMILES string of the molecule is C#CCC(Cc1ccc(F)c(F)c1)NN. The maximum absolute atomic E-state index is 12.9. The molecule has 3 N–H and O–H groups in total. The van der Waals surface area contributed by atoms with Gasteiger partial charge < -0.3 is 0 Å². The molecule has 0 radical (unpaired) electrons. The Morgan fingerprint density at radius 1 is 1.40 bits per heavy atom. The summed E-state index contributed by atoms with van der Waals surface area (Å²) in [7, 11) is 0. The zero-order valence-electron chi connectivity index (χ0n) is 8.13. The van der Waals surface area contributed by atoms with Crippen LogP contribution in [0, 0.1) is 24.0 Å². The molecule has 2 nitrogen and oxygen atoms in total. The van der Waals surface area contributed by atoms with Gasteiger partial charge in [0, 0.05) is 12.5 Å². The van der Waals surface area contributed by atoms with Crippen molar-refractivity contribution < 1.29 is 8.78 Å². The van der Waals surface area contributed by atoms with Crippen molar-refractivity contribution in [3.8, 4) is 12.3 Å². The summed E-state index contributed by atoms with van der Waals surface area (Å²) in [5, 5.41) is 0. The molecule has 0 fully saturated rings. The zero-order valence-corrected chi connectivity index (χ0v) is 8.13. The van der Waals surface area contributed by atoms with Crippen molar-refractivity contribution >= 4 is 0 Å². The largest absolute Gasteiger partial charge is 0.271 e. The van der Waals surface area contributed by atoms with Crippen molar-refractivity contribution in [3.05, 3.63) is 35.4 Å². The maximum Gasteiger partial charge on any atom is 0.159 e. The van der Waals surface area contributed by atoms with E-state index in [9.17, 15) is 8.78 Å². The lowest BCUT2D eigenvalue weighted by atomic mass is 10.0. The molecule has 1 atom stereocenters. The second-order valence-corrected chi connectivity index (χ2v) is 3.22. The Labute approximate surface area is 87.4 Å². The highest BCUT2D eigenvalue weighted by molar-refractivity contribution is 5.19. The Morgan fingerprint density at radius 2 is 2.13 bits per heavy atom. The number of nitrogens with one attached hydrogen (secondary N) is 1. The summed E-state index contributed by atoms with van der Waals surface area (Å²) in [5.41, 5.74) is 3.19. The Morgan fingerprint density at radius 3 is 2.67 bits per heavy atom. The molecular formula is C11H12F2N2. The van der Waals surface area contributed by atoms with Crippen LogP contribution in [0.25, 0.3) is 0 Å². The molecule has 0 amide bonds. The Hall–Kier alpha value is -1.44. The van der Waals surface area contributed by atoms with Crippen LogP contribution in [0.4, 0.5) is 8.78 Å². The van der Waals surface area contributed by atoms with Crippen molar-refractivity contribution in [1.29, 1.82) is 0 Å². The molecule has 15 heavy (non-hydrogen) atoms. The summed E-state index contributed by atoms with van der Waals surface area (Å²) in [6, 6.07) is 3.63. The van der Waals surface area contributed by atoms with Gasteiger partial charge in [0.2, 0.25) is 0 Å². The van der Waals surface area contributed by atoms with Gasteiger partial charge >= 0.3 is 0 Å². The van der Waals surface area contributed by atoms with Crippen LogP contribution in [0.1, 0.15) is 12.0 Å². The van der Waals surface area contributed by atoms with Gasteiger partial charge in [0.05, 0.1) is 0 Å². The molecule has 80 valence electrons. The molecule has 0 saturated heterocycles. The highest BCUT2D eigenvalue weighted by Gasteiger charge is 2.08. The third kappa shape index (κ3) is 3.31. The molecular weight excluding hydrogens is 198 g/mol. The Balaban J connectivity index is 2.71. The zero-order chi connectivity index (χ0) is 11.3. The van der Waals surface area contributed by atoms with Gasteiger partial charge in [-0.25, -0.2) is 8.78 Å². The minimum atomic E-state index is -0.857. The number of terminal acetylenes is 1. The second-order valence-electron chi connectivity index (χ2n) is 3.22. The molecule has 0 heterocycles. The van der Waals surface area contributed by atoms with E-state index < -0.39 is 11.6 Å². The fourth-order valence-corrected chi connectivity index (χ4v) is 1.28. The van der Waals surface area contributed by atoms with Gasteiger partial charge in [-0.15, -0.1) is 12.3 Å². The van der Waals surface area contributed by atoms with E-state index in [2.05, 4.69) is 11.3 Å². The molecule has 0 bridgehead atoms. The molecule has 0 aliphatic carbocycles. The van der Waals surface area contributed by atoms with Gasteiger partial charge in [-0.1, -0.05) is 6.07 Å². The van der Waals surface area contributed by atoms with Crippen LogP contribution in [-0.2, 0) is 6.42 Å². The number of benzene rings is 1. The van der Waals surface area contributed by atoms with Crippen molar-refractivity contribution in [2.45, 2.75) is 18.9 Å². The van der Waals surface area contributed by atoms with Gasteiger partial charge in [-0.3, -0.25) is 11.3 Å². The number of hydrazine groups is 1. The first kappa shape index (κ1) is 11.6. The summed E-state index contributed by atoms with van der Waals surface area (Å²) >= 11 is 0. The van der Waals surface area contributed by atoms with Crippen LogP contribution in [-0.4, -0.2) is 6.04 Å². The van der Waals surface area contributed by atoms with Crippen LogP contribution < -0.4 is 11.3 Å². The lowest BCUT2D eigenvalue weighted by Crippen LogP contribution is -2.36. The maximum atomic E-state index is 12.9. The number of hydrogen-bond acceptors (Lipinski definition) is 2. The fraction of sp³-hybridized carbons (Fsp3) is 0.273. The highest BCUT2D eigenvalue weighted by Crippen LogP contribution is 2.11. The summed E-state index contributed by atoms with van der Waals surface area (Å²) in [6.45, 7) is 0. The van der Waals surface area contributed by atoms with Crippen LogP contribution in [0.5, 0.6) is 0 Å². The molecule has 0 spiro atoms. The van der Waals surface area contributed by atoms with E-state index in [-0.39, 0.29) is 6.04 Å². The van der Waals surface area contributed by atoms with Gasteiger partial charge in [-0.05, 0) is 24.1 Å². The van der Waals surface area contributed by atoms with Crippen LogP contribution >= 0.6 is 0 Å². The molecule has 0 aliphatic heterocycles. The summed E-state index contributed by atoms with van der Waals surface area (Å²) in [4.78, 5) is 0. The first-order chi connectivity index (χ1) is 7.17. The minimum Gasteiger partial charge on any atom is -0.271 e. The van der Waals surface area contributed by atoms with Crippen molar-refractivity contribution in [2.75, 3.05) is 0 Å². The monoisotopic (exact) mass is 210 g/mol. The summed E-state index contributed by atoms with van der Waals surface area (Å²) in [5.74, 6) is 6.00. The van der Waals surface area contributed by atoms with Gasteiger partial charge in [0.1, 0.15) is 0 Å². The fourth-order valence-electron chi connectivity index (χ4n) is 1.28. The number of hydrogen-bond donors (Lipinski definition) is 2. The average molecular weight is 210 g/mol. The predicted octanol–water partition coefficient (Wildman–Crippen LogP) is 1.36. The van der Waals surface area contributed by atoms with E-state index in [1.807, 2.05) is 0 Å². The molecule has 1 aromatic rings. The lowest BCUT2D eigenvalue weighted by molar-refractivity contribution is 0.501. The molecule has 1 aromatic carbocycles. The smallest absolute Gasteiger partial charge is 0.159 e. The van der Waals surface area contributed by atoms with Crippen LogP contribution in [0.3, 0.4) is 0 Å². The van der Waals surface area contributed by atoms with Gasteiger partial charge in [0.25, 0.3) is 0 Å². The first-order valence-electron chi connectivity index (χ1n) is 4.51. The third-order valence-corrected chi connectivity index (χ3v) is 2.07. The van der Waals surface area contributed by atoms with Gasteiger partial charge in [0.15, 0.2) is 11.6 Å². The van der Waals surface area contributed by atoms with Crippen molar-refractivity contribution in [2.24, 2.45) is 5.84 Å². The number of nitrogens with two attached hydrogens (primary N) is 1. The molecule has 0 aliphatic rings. The second kappa shape index (κ2) is 5.44. The Bertz CT molecular complexity index is 371. The van der Waals surface area contributed by atoms with E-state index in [4.69, 9.17) is 12.3 Å². The molecule has 1 unspecified atom stereocenters. The summed E-state index contributed by atoms with van der Waals surface area (Å²) in [6.07, 6.45) is 6.04. The normalized spacial score (nSPS) is 12.1. The van der Waals surface area contributed by atoms with Gasteiger partial charge in [-0.2, -0.15) is 0 Å². The number of halogens is 2. The molecule has 0 aromatic heterocycles. The third-order valence-electron chi connectivity index (χ3n) is 2.07.